The van der Waals surface area contributed by atoms with Crippen LogP contribution in [0, 0.1) is 45.8 Å². The van der Waals surface area contributed by atoms with Crippen molar-refractivity contribution in [3.8, 4) is 11.5 Å². The maximum Gasteiger partial charge on any atom is 0.227 e. The number of aliphatic hydroxyl groups excluding tert-OH is 1. The predicted octanol–water partition coefficient (Wildman–Crippen LogP) is 7.27. The molecular weight excluding hydrogens is 586 g/mol. The van der Waals surface area contributed by atoms with Crippen LogP contribution in [0.4, 0.5) is 0 Å². The molecule has 256 valence electrons. The van der Waals surface area contributed by atoms with Gasteiger partial charge in [0.15, 0.2) is 11.5 Å². The van der Waals surface area contributed by atoms with E-state index in [2.05, 4.69) is 30.9 Å². The van der Waals surface area contributed by atoms with E-state index in [1.165, 1.54) is 49.7 Å². The topological polar surface area (TPSA) is 79.2 Å². The van der Waals surface area contributed by atoms with Gasteiger partial charge in [-0.05, 0) is 142 Å². The second-order valence-corrected chi connectivity index (χ2v) is 17.8. The van der Waals surface area contributed by atoms with Crippen LogP contribution in [0.5, 0.6) is 11.5 Å². The Hall–Kier alpha value is -2.31. The largest absolute Gasteiger partial charge is 0.493 e. The quantitative estimate of drug-likeness (QED) is 0.312. The molecule has 0 aliphatic heterocycles. The molecule has 8 aliphatic carbocycles. The highest BCUT2D eigenvalue weighted by Gasteiger charge is 2.63. The number of nitrogens with zero attached hydrogens (tertiary/aromatic N) is 1. The molecular formula is C41H57NO5. The zero-order chi connectivity index (χ0) is 32.8. The van der Waals surface area contributed by atoms with E-state index in [4.69, 9.17) is 9.47 Å². The van der Waals surface area contributed by atoms with E-state index in [9.17, 15) is 15.0 Å². The van der Waals surface area contributed by atoms with Crippen LogP contribution in [0.25, 0.3) is 0 Å². The summed E-state index contributed by atoms with van der Waals surface area (Å²) in [5.41, 5.74) is 2.99. The molecule has 0 heterocycles. The second-order valence-electron chi connectivity index (χ2n) is 17.8. The van der Waals surface area contributed by atoms with Gasteiger partial charge in [-0.25, -0.2) is 0 Å². The number of hydrogen-bond donors (Lipinski definition) is 2. The van der Waals surface area contributed by atoms with Crippen molar-refractivity contribution < 1.29 is 24.5 Å². The number of rotatable bonds is 8. The third-order valence-corrected chi connectivity index (χ3v) is 15.2. The number of methoxy groups -OCH3 is 2. The summed E-state index contributed by atoms with van der Waals surface area (Å²) in [6.45, 7) is 5.99. The monoisotopic (exact) mass is 643 g/mol. The van der Waals surface area contributed by atoms with E-state index in [-0.39, 0.29) is 28.3 Å². The molecule has 1 aromatic rings. The molecule has 6 atom stereocenters. The van der Waals surface area contributed by atoms with E-state index in [1.807, 2.05) is 18.2 Å². The first-order chi connectivity index (χ1) is 22.5. The Bertz CT molecular complexity index is 1440. The number of carbonyl (C=O) groups excluding carboxylic acids is 1. The highest BCUT2D eigenvalue weighted by Crippen LogP contribution is 2.66. The van der Waals surface area contributed by atoms with Crippen LogP contribution in [0.2, 0.25) is 0 Å². The van der Waals surface area contributed by atoms with Gasteiger partial charge in [0, 0.05) is 18.5 Å². The average molecular weight is 644 g/mol. The summed E-state index contributed by atoms with van der Waals surface area (Å²) in [6.07, 6.45) is 19.1. The highest BCUT2D eigenvalue weighted by atomic mass is 16.5. The number of amides is 1. The van der Waals surface area contributed by atoms with E-state index >= 15 is 0 Å². The molecule has 0 unspecified atom stereocenters. The number of allylic oxidation sites excluding steroid dienone is 3. The Morgan fingerprint density at radius 1 is 0.872 bits per heavy atom. The van der Waals surface area contributed by atoms with Crippen molar-refractivity contribution in [1.82, 2.24) is 4.90 Å². The predicted molar refractivity (Wildman–Crippen MR) is 183 cm³/mol. The van der Waals surface area contributed by atoms with Crippen LogP contribution >= 0.6 is 0 Å². The molecule has 4 bridgehead atoms. The first kappa shape index (κ1) is 31.9. The van der Waals surface area contributed by atoms with E-state index in [0.717, 1.165) is 74.8 Å². The molecule has 0 saturated heterocycles. The van der Waals surface area contributed by atoms with Gasteiger partial charge in [-0.15, -0.1) is 0 Å². The summed E-state index contributed by atoms with van der Waals surface area (Å²) in [4.78, 5) is 16.7. The third-order valence-electron chi connectivity index (χ3n) is 15.2. The molecule has 0 radical (unpaired) electrons. The van der Waals surface area contributed by atoms with Crippen LogP contribution in [0.1, 0.15) is 103 Å². The molecule has 0 aromatic heterocycles. The lowest BCUT2D eigenvalue weighted by Crippen LogP contribution is -2.59. The number of carbonyl (C=O) groups is 1. The molecule has 2 N–H and O–H groups in total. The van der Waals surface area contributed by atoms with Gasteiger partial charge in [-0.1, -0.05) is 43.2 Å². The lowest BCUT2D eigenvalue weighted by atomic mass is 9.49. The molecule has 6 heteroatoms. The van der Waals surface area contributed by atoms with Crippen LogP contribution in [0.3, 0.4) is 0 Å². The molecule has 1 aromatic carbocycles. The van der Waals surface area contributed by atoms with Crippen molar-refractivity contribution in [2.24, 2.45) is 45.8 Å². The van der Waals surface area contributed by atoms with Crippen molar-refractivity contribution in [3.63, 3.8) is 0 Å². The summed E-state index contributed by atoms with van der Waals surface area (Å²) < 4.78 is 11.1. The zero-order valence-corrected chi connectivity index (χ0v) is 29.2. The normalized spacial score (nSPS) is 42.9. The van der Waals surface area contributed by atoms with E-state index in [1.54, 1.807) is 14.2 Å². The lowest BCUT2D eigenvalue weighted by Gasteiger charge is -2.59. The number of hydrogen-bond acceptors (Lipinski definition) is 5. The fourth-order valence-electron chi connectivity index (χ4n) is 13.1. The number of ether oxygens (including phenoxy) is 2. The maximum absolute atomic E-state index is 14.5. The SMILES string of the molecule is COc1ccc(CC(=O)N(CC23CC4CC(CC(C4)C2)C3)C[C@]2(O)CC[C@H]3C4=CC=C5C[C@@H](O)CC[C@]5(C)[C@H]4CC[C@@]32C)cc1OC. The van der Waals surface area contributed by atoms with Gasteiger partial charge in [0.2, 0.25) is 5.91 Å². The number of aliphatic hydroxyl groups is 2. The van der Waals surface area contributed by atoms with Crippen molar-refractivity contribution in [2.45, 2.75) is 115 Å². The van der Waals surface area contributed by atoms with E-state index < -0.39 is 5.60 Å². The van der Waals surface area contributed by atoms with Crippen molar-refractivity contribution in [1.29, 1.82) is 0 Å². The average Bonchev–Trinajstić information content (AvgIpc) is 3.30. The first-order valence-electron chi connectivity index (χ1n) is 18.8. The molecule has 47 heavy (non-hydrogen) atoms. The summed E-state index contributed by atoms with van der Waals surface area (Å²) in [5, 5.41) is 23.3. The molecule has 1 amide bonds. The standard InChI is InChI=1S/C41H57NO5/c1-38-12-9-31(43)20-30(38)6-7-32-33(38)10-13-39(2)34(32)11-14-41(39,45)25-42(24-40-21-27-15-28(22-40)17-29(16-27)23-40)37(44)19-26-5-8-35(46-3)36(18-26)47-4/h5-8,18,27-29,31,33-34,43,45H,9-17,19-25H2,1-4H3/t27?,28?,29?,31-,33-,34-,38-,39-,40?,41+/m0/s1. The summed E-state index contributed by atoms with van der Waals surface area (Å²) >= 11 is 0. The van der Waals surface area contributed by atoms with Gasteiger partial charge < -0.3 is 24.6 Å². The van der Waals surface area contributed by atoms with Crippen molar-refractivity contribution >= 4 is 5.91 Å². The van der Waals surface area contributed by atoms with Crippen molar-refractivity contribution in [3.05, 3.63) is 47.1 Å². The third kappa shape index (κ3) is 5.13. The molecule has 9 rings (SSSR count). The van der Waals surface area contributed by atoms with Gasteiger partial charge in [-0.2, -0.15) is 0 Å². The van der Waals surface area contributed by atoms with Gasteiger partial charge >= 0.3 is 0 Å². The Labute approximate surface area is 282 Å². The number of fused-ring (bicyclic) bond motifs is 5. The van der Waals surface area contributed by atoms with Gasteiger partial charge in [0.1, 0.15) is 0 Å². The number of benzene rings is 1. The minimum Gasteiger partial charge on any atom is -0.493 e. The zero-order valence-electron chi connectivity index (χ0n) is 29.2. The van der Waals surface area contributed by atoms with Gasteiger partial charge in [-0.3, -0.25) is 4.79 Å². The Kier molecular flexibility index (Phi) is 7.72. The van der Waals surface area contributed by atoms with Crippen LogP contribution in [-0.4, -0.2) is 60.0 Å². The minimum atomic E-state index is -0.924. The summed E-state index contributed by atoms with van der Waals surface area (Å²) in [6, 6.07) is 5.81. The lowest BCUT2D eigenvalue weighted by molar-refractivity contribution is -0.150. The van der Waals surface area contributed by atoms with Crippen LogP contribution in [0.15, 0.2) is 41.5 Å². The summed E-state index contributed by atoms with van der Waals surface area (Å²) in [7, 11) is 3.28. The van der Waals surface area contributed by atoms with E-state index in [0.29, 0.717) is 36.3 Å². The smallest absolute Gasteiger partial charge is 0.227 e. The Morgan fingerprint density at radius 3 is 2.23 bits per heavy atom. The Morgan fingerprint density at radius 2 is 1.55 bits per heavy atom. The molecule has 7 fully saturated rings. The van der Waals surface area contributed by atoms with Crippen LogP contribution < -0.4 is 9.47 Å². The molecule has 7 saturated carbocycles. The maximum atomic E-state index is 14.5. The first-order valence-corrected chi connectivity index (χ1v) is 18.8. The Balaban J connectivity index is 1.08. The van der Waals surface area contributed by atoms with Gasteiger partial charge in [0.25, 0.3) is 0 Å². The fraction of sp³-hybridized carbons (Fsp3) is 0.732. The molecule has 8 aliphatic rings. The molecule has 0 spiro atoms. The molecule has 6 nitrogen and oxygen atoms in total. The van der Waals surface area contributed by atoms with Crippen LogP contribution in [-0.2, 0) is 11.2 Å². The summed E-state index contributed by atoms with van der Waals surface area (Å²) in [5.74, 6) is 4.70. The van der Waals surface area contributed by atoms with Crippen molar-refractivity contribution in [2.75, 3.05) is 27.3 Å². The fourth-order valence-corrected chi connectivity index (χ4v) is 13.1. The highest BCUT2D eigenvalue weighted by molar-refractivity contribution is 5.79. The minimum absolute atomic E-state index is 0.116. The van der Waals surface area contributed by atoms with Gasteiger partial charge in [0.05, 0.1) is 32.3 Å². The second kappa shape index (κ2) is 11.4.